The van der Waals surface area contributed by atoms with Crippen molar-refractivity contribution in [2.45, 2.75) is 31.6 Å². The molecule has 4 nitrogen and oxygen atoms in total. The van der Waals surface area contributed by atoms with Crippen molar-refractivity contribution in [2.24, 2.45) is 5.92 Å². The minimum absolute atomic E-state index is 0.353. The van der Waals surface area contributed by atoms with Crippen molar-refractivity contribution < 1.29 is 8.42 Å². The fraction of sp³-hybridized carbons (Fsp3) is 0.538. The molecule has 2 rings (SSSR count). The van der Waals surface area contributed by atoms with Crippen LogP contribution >= 0.6 is 0 Å². The Hall–Kier alpha value is -1.07. The molecule has 1 aliphatic heterocycles. The van der Waals surface area contributed by atoms with Crippen molar-refractivity contribution in [2.75, 3.05) is 18.8 Å². The maximum absolute atomic E-state index is 12.4. The molecule has 1 aromatic carbocycles. The molecule has 1 fully saturated rings. The van der Waals surface area contributed by atoms with Crippen molar-refractivity contribution in [1.29, 1.82) is 0 Å². The van der Waals surface area contributed by atoms with E-state index in [2.05, 4.69) is 6.92 Å². The second-order valence-electron chi connectivity index (χ2n) is 4.94. The molecule has 1 aliphatic rings. The van der Waals surface area contributed by atoms with E-state index in [9.17, 15) is 8.42 Å². The van der Waals surface area contributed by atoms with Gasteiger partial charge in [-0.05, 0) is 43.0 Å². The number of benzene rings is 1. The molecular weight excluding hydrogens is 248 g/mol. The largest absolute Gasteiger partial charge is 0.399 e. The summed E-state index contributed by atoms with van der Waals surface area (Å²) >= 11 is 0. The van der Waals surface area contributed by atoms with Gasteiger partial charge in [0.25, 0.3) is 0 Å². The number of hydrogen-bond acceptors (Lipinski definition) is 3. The van der Waals surface area contributed by atoms with E-state index in [1.54, 1.807) is 22.5 Å². The van der Waals surface area contributed by atoms with Crippen molar-refractivity contribution in [3.63, 3.8) is 0 Å². The van der Waals surface area contributed by atoms with Gasteiger partial charge < -0.3 is 5.73 Å². The predicted octanol–water partition coefficient (Wildman–Crippen LogP) is 2.00. The third kappa shape index (κ3) is 2.37. The van der Waals surface area contributed by atoms with Crippen LogP contribution in [0.4, 0.5) is 5.69 Å². The molecule has 0 radical (unpaired) electrons. The van der Waals surface area contributed by atoms with Crippen LogP contribution in [0.5, 0.6) is 0 Å². The fourth-order valence-corrected chi connectivity index (χ4v) is 3.92. The van der Waals surface area contributed by atoms with Crippen LogP contribution in [-0.4, -0.2) is 25.8 Å². The molecule has 0 aromatic heterocycles. The van der Waals surface area contributed by atoms with Crippen LogP contribution in [0, 0.1) is 12.8 Å². The van der Waals surface area contributed by atoms with Crippen molar-refractivity contribution >= 4 is 15.7 Å². The monoisotopic (exact) mass is 268 g/mol. The first-order chi connectivity index (χ1) is 8.45. The molecule has 2 N–H and O–H groups in total. The highest BCUT2D eigenvalue weighted by Crippen LogP contribution is 2.27. The Balaban J connectivity index is 2.28. The smallest absolute Gasteiger partial charge is 0.243 e. The molecule has 1 atom stereocenters. The van der Waals surface area contributed by atoms with Gasteiger partial charge in [0.15, 0.2) is 0 Å². The fourth-order valence-electron chi connectivity index (χ4n) is 2.31. The molecule has 1 heterocycles. The molecule has 1 aromatic rings. The summed E-state index contributed by atoms with van der Waals surface area (Å²) in [7, 11) is -3.34. The number of aryl methyl sites for hydroxylation is 1. The van der Waals surface area contributed by atoms with E-state index in [1.165, 1.54) is 0 Å². The Morgan fingerprint density at radius 3 is 2.72 bits per heavy atom. The summed E-state index contributed by atoms with van der Waals surface area (Å²) < 4.78 is 26.5. The molecule has 0 aliphatic carbocycles. The van der Waals surface area contributed by atoms with Crippen LogP contribution in [0.2, 0.25) is 0 Å². The average molecular weight is 268 g/mol. The van der Waals surface area contributed by atoms with Crippen LogP contribution in [0.15, 0.2) is 23.1 Å². The van der Waals surface area contributed by atoms with E-state index < -0.39 is 10.0 Å². The summed E-state index contributed by atoms with van der Waals surface area (Å²) in [6.45, 7) is 5.20. The first-order valence-corrected chi connectivity index (χ1v) is 7.75. The van der Waals surface area contributed by atoms with Gasteiger partial charge in [-0.15, -0.1) is 0 Å². The zero-order chi connectivity index (χ0) is 13.3. The number of nitrogen functional groups attached to an aromatic ring is 1. The highest BCUT2D eigenvalue weighted by molar-refractivity contribution is 7.89. The van der Waals surface area contributed by atoms with Crippen LogP contribution < -0.4 is 5.73 Å². The van der Waals surface area contributed by atoms with Gasteiger partial charge in [0.1, 0.15) is 0 Å². The first-order valence-electron chi connectivity index (χ1n) is 6.31. The number of anilines is 1. The van der Waals surface area contributed by atoms with E-state index in [0.717, 1.165) is 18.4 Å². The molecule has 18 heavy (non-hydrogen) atoms. The quantitative estimate of drug-likeness (QED) is 0.853. The summed E-state index contributed by atoms with van der Waals surface area (Å²) in [5.74, 6) is 0.495. The lowest BCUT2D eigenvalue weighted by molar-refractivity contribution is 0.453. The molecule has 100 valence electrons. The van der Waals surface area contributed by atoms with E-state index in [4.69, 9.17) is 5.73 Å². The Morgan fingerprint density at radius 2 is 2.17 bits per heavy atom. The molecular formula is C13H20N2O2S. The molecule has 1 saturated heterocycles. The highest BCUT2D eigenvalue weighted by Gasteiger charge is 2.31. The van der Waals surface area contributed by atoms with Crippen LogP contribution in [0.25, 0.3) is 0 Å². The number of hydrogen-bond donors (Lipinski definition) is 1. The van der Waals surface area contributed by atoms with Gasteiger partial charge in [-0.25, -0.2) is 8.42 Å². The van der Waals surface area contributed by atoms with Crippen molar-refractivity contribution in [1.82, 2.24) is 4.31 Å². The second-order valence-corrected chi connectivity index (χ2v) is 6.88. The lowest BCUT2D eigenvalue weighted by atomic mass is 10.1. The molecule has 0 saturated carbocycles. The number of nitrogens with zero attached hydrogens (tertiary/aromatic N) is 1. The normalized spacial score (nSPS) is 21.3. The Bertz CT molecular complexity index is 540. The minimum atomic E-state index is -3.34. The van der Waals surface area contributed by atoms with Gasteiger partial charge in [-0.2, -0.15) is 4.31 Å². The zero-order valence-electron chi connectivity index (χ0n) is 10.9. The van der Waals surface area contributed by atoms with Crippen LogP contribution in [0.3, 0.4) is 0 Å². The van der Waals surface area contributed by atoms with Gasteiger partial charge in [0.2, 0.25) is 10.0 Å². The summed E-state index contributed by atoms with van der Waals surface area (Å²) in [5, 5.41) is 0. The highest BCUT2D eigenvalue weighted by atomic mass is 32.2. The molecule has 5 heteroatoms. The number of nitrogens with two attached hydrogens (primary N) is 1. The summed E-state index contributed by atoms with van der Waals surface area (Å²) in [5.41, 5.74) is 7.15. The van der Waals surface area contributed by atoms with Crippen molar-refractivity contribution in [3.05, 3.63) is 23.8 Å². The Kier molecular flexibility index (Phi) is 3.64. The van der Waals surface area contributed by atoms with E-state index in [1.807, 2.05) is 6.92 Å². The zero-order valence-corrected chi connectivity index (χ0v) is 11.7. The SMILES string of the molecule is CCC1CCN(S(=O)(=O)c2ccc(N)c(C)c2)C1. The lowest BCUT2D eigenvalue weighted by Crippen LogP contribution is -2.28. The average Bonchev–Trinajstić information content (AvgIpc) is 2.81. The first kappa shape index (κ1) is 13.4. The lowest BCUT2D eigenvalue weighted by Gasteiger charge is -2.17. The van der Waals surface area contributed by atoms with Crippen molar-refractivity contribution in [3.8, 4) is 0 Å². The van der Waals surface area contributed by atoms with Gasteiger partial charge in [0, 0.05) is 18.8 Å². The van der Waals surface area contributed by atoms with Gasteiger partial charge in [0.05, 0.1) is 4.90 Å². The molecule has 0 bridgehead atoms. The van der Waals surface area contributed by atoms with Gasteiger partial charge in [-0.1, -0.05) is 13.3 Å². The molecule has 1 unspecified atom stereocenters. The molecule has 0 spiro atoms. The third-order valence-corrected chi connectivity index (χ3v) is 5.57. The topological polar surface area (TPSA) is 63.4 Å². The Labute approximate surface area is 109 Å². The summed E-state index contributed by atoms with van der Waals surface area (Å²) in [6.07, 6.45) is 2.00. The van der Waals surface area contributed by atoms with Crippen LogP contribution in [0.1, 0.15) is 25.3 Å². The van der Waals surface area contributed by atoms with E-state index >= 15 is 0 Å². The minimum Gasteiger partial charge on any atom is -0.399 e. The Morgan fingerprint density at radius 1 is 1.44 bits per heavy atom. The third-order valence-electron chi connectivity index (χ3n) is 3.70. The standard InChI is InChI=1S/C13H20N2O2S/c1-3-11-6-7-15(9-11)18(16,17)12-4-5-13(14)10(2)8-12/h4-5,8,11H,3,6-7,9,14H2,1-2H3. The van der Waals surface area contributed by atoms with E-state index in [-0.39, 0.29) is 0 Å². The maximum Gasteiger partial charge on any atom is 0.243 e. The summed E-state index contributed by atoms with van der Waals surface area (Å²) in [4.78, 5) is 0.353. The summed E-state index contributed by atoms with van der Waals surface area (Å²) in [6, 6.07) is 4.91. The number of rotatable bonds is 3. The van der Waals surface area contributed by atoms with Gasteiger partial charge in [-0.3, -0.25) is 0 Å². The van der Waals surface area contributed by atoms with Gasteiger partial charge >= 0.3 is 0 Å². The number of sulfonamides is 1. The predicted molar refractivity (Wildman–Crippen MR) is 72.7 cm³/mol. The second kappa shape index (κ2) is 4.90. The van der Waals surface area contributed by atoms with Crippen LogP contribution in [-0.2, 0) is 10.0 Å². The van der Waals surface area contributed by atoms with E-state index in [0.29, 0.717) is 29.6 Å². The maximum atomic E-state index is 12.4. The molecule has 0 amide bonds.